The van der Waals surface area contributed by atoms with E-state index < -0.39 is 0 Å². The standard InChI is InChI=1S/C17H25NO2/c1-16(2,3)17(4,5)12-18(6)15(20)14-10-8-7-9-13(14)11-19/h7-11H,12H2,1-6H3. The first-order valence-corrected chi connectivity index (χ1v) is 6.90. The van der Waals surface area contributed by atoms with Crippen LogP contribution < -0.4 is 0 Å². The molecule has 0 atom stereocenters. The number of carbonyl (C=O) groups is 2. The molecule has 0 N–H and O–H groups in total. The summed E-state index contributed by atoms with van der Waals surface area (Å²) in [5.74, 6) is -0.106. The average Bonchev–Trinajstić information content (AvgIpc) is 2.35. The van der Waals surface area contributed by atoms with E-state index in [1.165, 1.54) is 0 Å². The molecular formula is C17H25NO2. The second-order valence-electron chi connectivity index (χ2n) is 7.00. The van der Waals surface area contributed by atoms with Crippen molar-refractivity contribution in [1.29, 1.82) is 0 Å². The quantitative estimate of drug-likeness (QED) is 0.787. The number of nitrogens with zero attached hydrogens (tertiary/aromatic N) is 1. The zero-order valence-corrected chi connectivity index (χ0v) is 13.4. The summed E-state index contributed by atoms with van der Waals surface area (Å²) in [7, 11) is 1.79. The van der Waals surface area contributed by atoms with Crippen LogP contribution in [0.1, 0.15) is 55.3 Å². The summed E-state index contributed by atoms with van der Waals surface area (Å²) in [5, 5.41) is 0. The lowest BCUT2D eigenvalue weighted by atomic mass is 9.69. The molecule has 110 valence electrons. The van der Waals surface area contributed by atoms with E-state index in [4.69, 9.17) is 0 Å². The number of hydrogen-bond acceptors (Lipinski definition) is 2. The highest BCUT2D eigenvalue weighted by atomic mass is 16.2. The summed E-state index contributed by atoms with van der Waals surface area (Å²) in [4.78, 5) is 25.2. The van der Waals surface area contributed by atoms with Gasteiger partial charge in [0, 0.05) is 19.2 Å². The number of rotatable bonds is 4. The molecule has 1 aromatic rings. The predicted octanol–water partition coefficient (Wildman–Crippen LogP) is 3.64. The molecule has 0 aromatic heterocycles. The Morgan fingerprint density at radius 3 is 2.20 bits per heavy atom. The molecule has 0 bridgehead atoms. The van der Waals surface area contributed by atoms with Gasteiger partial charge in [0.15, 0.2) is 6.29 Å². The van der Waals surface area contributed by atoms with Crippen molar-refractivity contribution in [1.82, 2.24) is 4.90 Å². The molecule has 3 nitrogen and oxygen atoms in total. The second kappa shape index (κ2) is 5.78. The minimum atomic E-state index is -0.106. The third kappa shape index (κ3) is 3.47. The summed E-state index contributed by atoms with van der Waals surface area (Å²) >= 11 is 0. The van der Waals surface area contributed by atoms with E-state index in [9.17, 15) is 9.59 Å². The van der Waals surface area contributed by atoms with E-state index in [0.717, 1.165) is 6.29 Å². The van der Waals surface area contributed by atoms with Gasteiger partial charge in [-0.1, -0.05) is 52.8 Å². The van der Waals surface area contributed by atoms with Crippen LogP contribution in [0.5, 0.6) is 0 Å². The molecule has 0 aliphatic heterocycles. The normalized spacial score (nSPS) is 12.1. The molecular weight excluding hydrogens is 250 g/mol. The molecule has 0 saturated carbocycles. The Morgan fingerprint density at radius 2 is 1.70 bits per heavy atom. The lowest BCUT2D eigenvalue weighted by molar-refractivity contribution is 0.0555. The monoisotopic (exact) mass is 275 g/mol. The lowest BCUT2D eigenvalue weighted by Gasteiger charge is -2.41. The number of hydrogen-bond donors (Lipinski definition) is 0. The van der Waals surface area contributed by atoms with Crippen LogP contribution in [0.15, 0.2) is 24.3 Å². The van der Waals surface area contributed by atoms with Gasteiger partial charge in [-0.15, -0.1) is 0 Å². The zero-order chi connectivity index (χ0) is 15.6. The van der Waals surface area contributed by atoms with E-state index in [1.807, 2.05) is 0 Å². The smallest absolute Gasteiger partial charge is 0.254 e. The number of aldehydes is 1. The Bertz CT molecular complexity index is 498. The van der Waals surface area contributed by atoms with Gasteiger partial charge in [0.2, 0.25) is 0 Å². The topological polar surface area (TPSA) is 37.4 Å². The molecule has 0 radical (unpaired) electrons. The molecule has 1 aromatic carbocycles. The zero-order valence-electron chi connectivity index (χ0n) is 13.4. The molecule has 0 fully saturated rings. The van der Waals surface area contributed by atoms with Gasteiger partial charge in [-0.3, -0.25) is 9.59 Å². The minimum Gasteiger partial charge on any atom is -0.341 e. The highest BCUT2D eigenvalue weighted by Gasteiger charge is 2.35. The molecule has 0 heterocycles. The van der Waals surface area contributed by atoms with Crippen LogP contribution in [-0.2, 0) is 0 Å². The number of amides is 1. The van der Waals surface area contributed by atoms with Gasteiger partial charge in [0.05, 0.1) is 5.56 Å². The van der Waals surface area contributed by atoms with E-state index >= 15 is 0 Å². The van der Waals surface area contributed by atoms with Crippen molar-refractivity contribution in [3.05, 3.63) is 35.4 Å². The Balaban J connectivity index is 2.96. The Labute approximate surface area is 122 Å². The Morgan fingerprint density at radius 1 is 1.15 bits per heavy atom. The van der Waals surface area contributed by atoms with E-state index in [1.54, 1.807) is 36.2 Å². The largest absolute Gasteiger partial charge is 0.341 e. The lowest BCUT2D eigenvalue weighted by Crippen LogP contribution is -2.42. The van der Waals surface area contributed by atoms with Crippen molar-refractivity contribution in [2.24, 2.45) is 10.8 Å². The molecule has 20 heavy (non-hydrogen) atoms. The minimum absolute atomic E-state index is 0.0203. The third-order valence-corrected chi connectivity index (χ3v) is 4.33. The van der Waals surface area contributed by atoms with E-state index in [-0.39, 0.29) is 16.7 Å². The van der Waals surface area contributed by atoms with Gasteiger partial charge in [0.25, 0.3) is 5.91 Å². The first-order chi connectivity index (χ1) is 9.10. The van der Waals surface area contributed by atoms with Crippen molar-refractivity contribution >= 4 is 12.2 Å². The highest BCUT2D eigenvalue weighted by molar-refractivity contribution is 6.01. The van der Waals surface area contributed by atoms with Crippen LogP contribution in [0.25, 0.3) is 0 Å². The van der Waals surface area contributed by atoms with Crippen LogP contribution in [0.2, 0.25) is 0 Å². The predicted molar refractivity (Wildman–Crippen MR) is 82.0 cm³/mol. The molecule has 1 amide bonds. The summed E-state index contributed by atoms with van der Waals surface area (Å²) in [6.07, 6.45) is 0.732. The van der Waals surface area contributed by atoms with Crippen molar-refractivity contribution in [3.8, 4) is 0 Å². The molecule has 0 aliphatic carbocycles. The molecule has 0 unspecified atom stereocenters. The second-order valence-corrected chi connectivity index (χ2v) is 7.00. The maximum atomic E-state index is 12.5. The van der Waals surface area contributed by atoms with Crippen LogP contribution in [-0.4, -0.2) is 30.7 Å². The van der Waals surface area contributed by atoms with Gasteiger partial charge in [-0.2, -0.15) is 0 Å². The molecule has 1 rings (SSSR count). The van der Waals surface area contributed by atoms with Crippen LogP contribution >= 0.6 is 0 Å². The highest BCUT2D eigenvalue weighted by Crippen LogP contribution is 2.38. The summed E-state index contributed by atoms with van der Waals surface area (Å²) < 4.78 is 0. The number of carbonyl (C=O) groups excluding carboxylic acids is 2. The van der Waals surface area contributed by atoms with Crippen molar-refractivity contribution in [2.45, 2.75) is 34.6 Å². The van der Waals surface area contributed by atoms with Gasteiger partial charge in [0.1, 0.15) is 0 Å². The Hall–Kier alpha value is -1.64. The van der Waals surface area contributed by atoms with Crippen LogP contribution in [0.4, 0.5) is 0 Å². The first kappa shape index (κ1) is 16.4. The van der Waals surface area contributed by atoms with Crippen molar-refractivity contribution < 1.29 is 9.59 Å². The molecule has 0 spiro atoms. The maximum Gasteiger partial charge on any atom is 0.254 e. The third-order valence-electron chi connectivity index (χ3n) is 4.33. The van der Waals surface area contributed by atoms with E-state index in [2.05, 4.69) is 34.6 Å². The van der Waals surface area contributed by atoms with Crippen molar-refractivity contribution in [3.63, 3.8) is 0 Å². The van der Waals surface area contributed by atoms with Crippen LogP contribution in [0.3, 0.4) is 0 Å². The fourth-order valence-corrected chi connectivity index (χ4v) is 1.90. The first-order valence-electron chi connectivity index (χ1n) is 6.90. The average molecular weight is 275 g/mol. The van der Waals surface area contributed by atoms with Gasteiger partial charge >= 0.3 is 0 Å². The van der Waals surface area contributed by atoms with Gasteiger partial charge < -0.3 is 4.90 Å². The maximum absolute atomic E-state index is 12.5. The van der Waals surface area contributed by atoms with Gasteiger partial charge in [-0.05, 0) is 16.9 Å². The number of benzene rings is 1. The Kier molecular flexibility index (Phi) is 4.74. The van der Waals surface area contributed by atoms with Gasteiger partial charge in [-0.25, -0.2) is 0 Å². The molecule has 3 heteroatoms. The summed E-state index contributed by atoms with van der Waals surface area (Å²) in [5.41, 5.74) is 0.979. The fraction of sp³-hybridized carbons (Fsp3) is 0.529. The van der Waals surface area contributed by atoms with E-state index in [0.29, 0.717) is 17.7 Å². The molecule has 0 saturated heterocycles. The van der Waals surface area contributed by atoms with Crippen LogP contribution in [0, 0.1) is 10.8 Å². The molecule has 0 aliphatic rings. The summed E-state index contributed by atoms with van der Waals surface area (Å²) in [6, 6.07) is 6.91. The fourth-order valence-electron chi connectivity index (χ4n) is 1.90. The summed E-state index contributed by atoms with van der Waals surface area (Å²) in [6.45, 7) is 11.5. The van der Waals surface area contributed by atoms with Crippen molar-refractivity contribution in [2.75, 3.05) is 13.6 Å². The SMILES string of the molecule is CN(CC(C)(C)C(C)(C)C)C(=O)c1ccccc1C=O.